The first-order valence-corrected chi connectivity index (χ1v) is 6.34. The molecule has 8 heteroatoms. The van der Waals surface area contributed by atoms with Crippen molar-refractivity contribution in [1.29, 1.82) is 0 Å². The second-order valence-electron chi connectivity index (χ2n) is 3.09. The van der Waals surface area contributed by atoms with Gasteiger partial charge in [-0.1, -0.05) is 0 Å². The van der Waals surface area contributed by atoms with Crippen LogP contribution in [0.15, 0.2) is 24.3 Å². The lowest BCUT2D eigenvalue weighted by Crippen LogP contribution is -2.25. The summed E-state index contributed by atoms with van der Waals surface area (Å²) in [5.41, 5.74) is 0.191. The molecule has 0 aliphatic carbocycles. The second kappa shape index (κ2) is 5.35. The normalized spacial score (nSPS) is 11.2. The second-order valence-corrected chi connectivity index (χ2v) is 5.39. The van der Waals surface area contributed by atoms with E-state index in [-0.39, 0.29) is 11.3 Å². The number of halogens is 1. The molecule has 0 amide bonds. The first-order chi connectivity index (χ1) is 7.88. The van der Waals surface area contributed by atoms with Crippen molar-refractivity contribution in [2.75, 3.05) is 16.9 Å². The van der Waals surface area contributed by atoms with Gasteiger partial charge in [0, 0.05) is 18.9 Å². The van der Waals surface area contributed by atoms with Crippen LogP contribution in [0.5, 0.6) is 0 Å². The average molecular weight is 280 g/mol. The van der Waals surface area contributed by atoms with Crippen LogP contribution in [0.25, 0.3) is 0 Å². The Labute approximate surface area is 104 Å². The number of benzene rings is 1. The Morgan fingerprint density at radius 3 is 2.35 bits per heavy atom. The third-order valence-corrected chi connectivity index (χ3v) is 3.89. The van der Waals surface area contributed by atoms with Gasteiger partial charge in [-0.05, 0) is 24.3 Å². The smallest absolute Gasteiger partial charge is 0.335 e. The fraction of sp³-hybridized carbons (Fsp3) is 0.222. The molecule has 0 atom stereocenters. The predicted molar refractivity (Wildman–Crippen MR) is 62.5 cm³/mol. The molecule has 0 heterocycles. The van der Waals surface area contributed by atoms with Gasteiger partial charge in [0.2, 0.25) is 0 Å². The maximum absolute atomic E-state index is 11.5. The summed E-state index contributed by atoms with van der Waals surface area (Å²) in [5.74, 6) is -1.66. The Morgan fingerprint density at radius 2 is 1.94 bits per heavy atom. The molecular formula is C9H10ClNO5S. The van der Waals surface area contributed by atoms with Crippen LogP contribution >= 0.6 is 11.8 Å². The van der Waals surface area contributed by atoms with E-state index in [0.29, 0.717) is 3.82 Å². The van der Waals surface area contributed by atoms with Gasteiger partial charge in [-0.25, -0.2) is 13.2 Å². The molecule has 0 saturated heterocycles. The van der Waals surface area contributed by atoms with Gasteiger partial charge in [-0.2, -0.15) is 3.82 Å². The largest absolute Gasteiger partial charge is 0.478 e. The number of rotatable bonds is 5. The first-order valence-electron chi connectivity index (χ1n) is 4.39. The highest BCUT2D eigenvalue weighted by molar-refractivity contribution is 7.93. The Balaban J connectivity index is 2.98. The summed E-state index contributed by atoms with van der Waals surface area (Å²) in [6.07, 6.45) is 0. The minimum absolute atomic E-state index is 0.0444. The molecule has 6 nitrogen and oxygen atoms in total. The quantitative estimate of drug-likeness (QED) is 0.821. The lowest BCUT2D eigenvalue weighted by Gasteiger charge is -2.15. The van der Waals surface area contributed by atoms with Crippen molar-refractivity contribution in [3.05, 3.63) is 29.8 Å². The number of methoxy groups -OCH3 is 1. The number of carboxylic acids is 1. The molecule has 94 valence electrons. The van der Waals surface area contributed by atoms with E-state index < -0.39 is 21.9 Å². The van der Waals surface area contributed by atoms with Crippen LogP contribution in [0.2, 0.25) is 0 Å². The van der Waals surface area contributed by atoms with Crippen LogP contribution in [-0.2, 0) is 14.8 Å². The van der Waals surface area contributed by atoms with Crippen LogP contribution in [0.3, 0.4) is 0 Å². The molecule has 0 fully saturated rings. The standard InChI is InChI=1S/C9H10ClNO5S/c1-16-6-17(14,15)11(10)8-4-2-7(3-5-8)9(12)13/h2-5H,6H2,1H3,(H,12,13). The monoisotopic (exact) mass is 279 g/mol. The summed E-state index contributed by atoms with van der Waals surface area (Å²) in [4.78, 5) is 10.6. The lowest BCUT2D eigenvalue weighted by molar-refractivity contribution is 0.0697. The highest BCUT2D eigenvalue weighted by Gasteiger charge is 2.20. The fourth-order valence-corrected chi connectivity index (χ4v) is 2.14. The molecular weight excluding hydrogens is 270 g/mol. The third kappa shape index (κ3) is 3.32. The van der Waals surface area contributed by atoms with Crippen molar-refractivity contribution >= 4 is 33.5 Å². The van der Waals surface area contributed by atoms with E-state index in [9.17, 15) is 13.2 Å². The van der Waals surface area contributed by atoms with Crippen LogP contribution in [0.4, 0.5) is 5.69 Å². The van der Waals surface area contributed by atoms with Gasteiger partial charge in [0.15, 0.2) is 5.94 Å². The minimum Gasteiger partial charge on any atom is -0.478 e. The number of sulfonamides is 1. The van der Waals surface area contributed by atoms with Gasteiger partial charge in [-0.3, -0.25) is 0 Å². The molecule has 0 aromatic heterocycles. The lowest BCUT2D eigenvalue weighted by atomic mass is 10.2. The molecule has 17 heavy (non-hydrogen) atoms. The number of carboxylic acid groups (broad SMARTS) is 1. The molecule has 0 spiro atoms. The van der Waals surface area contributed by atoms with E-state index in [1.807, 2.05) is 0 Å². The third-order valence-electron chi connectivity index (χ3n) is 1.83. The molecule has 1 aromatic rings. The van der Waals surface area contributed by atoms with Crippen molar-refractivity contribution in [1.82, 2.24) is 0 Å². The fourth-order valence-electron chi connectivity index (χ4n) is 1.08. The molecule has 0 radical (unpaired) electrons. The van der Waals surface area contributed by atoms with Crippen molar-refractivity contribution in [3.8, 4) is 0 Å². The summed E-state index contributed by atoms with van der Waals surface area (Å²) >= 11 is 5.63. The maximum Gasteiger partial charge on any atom is 0.335 e. The Morgan fingerprint density at radius 1 is 1.41 bits per heavy atom. The highest BCUT2D eigenvalue weighted by atomic mass is 35.5. The van der Waals surface area contributed by atoms with E-state index in [0.717, 1.165) is 0 Å². The van der Waals surface area contributed by atoms with Crippen LogP contribution in [-0.4, -0.2) is 32.5 Å². The van der Waals surface area contributed by atoms with Gasteiger partial charge in [-0.15, -0.1) is 0 Å². The van der Waals surface area contributed by atoms with E-state index in [2.05, 4.69) is 4.74 Å². The van der Waals surface area contributed by atoms with Crippen LogP contribution < -0.4 is 3.82 Å². The summed E-state index contributed by atoms with van der Waals surface area (Å²) in [5, 5.41) is 8.67. The van der Waals surface area contributed by atoms with Gasteiger partial charge in [0.05, 0.1) is 11.3 Å². The molecule has 1 rings (SSSR count). The highest BCUT2D eigenvalue weighted by Crippen LogP contribution is 2.21. The van der Waals surface area contributed by atoms with Gasteiger partial charge in [0.25, 0.3) is 10.0 Å². The average Bonchev–Trinajstić information content (AvgIpc) is 2.28. The van der Waals surface area contributed by atoms with Gasteiger partial charge in [0.1, 0.15) is 0 Å². The number of aromatic carboxylic acids is 1. The number of anilines is 1. The molecule has 0 bridgehead atoms. The number of carbonyl (C=O) groups is 1. The maximum atomic E-state index is 11.5. The molecule has 1 aromatic carbocycles. The Kier molecular flexibility index (Phi) is 4.33. The van der Waals surface area contributed by atoms with Gasteiger partial charge < -0.3 is 9.84 Å². The topological polar surface area (TPSA) is 83.9 Å². The first kappa shape index (κ1) is 13.8. The zero-order chi connectivity index (χ0) is 13.1. The van der Waals surface area contributed by atoms with E-state index >= 15 is 0 Å². The Hall–Kier alpha value is -1.31. The van der Waals surface area contributed by atoms with Crippen molar-refractivity contribution < 1.29 is 23.1 Å². The summed E-state index contributed by atoms with van der Waals surface area (Å²) < 4.78 is 28.0. The van der Waals surface area contributed by atoms with E-state index in [1.165, 1.54) is 31.4 Å². The minimum atomic E-state index is -3.77. The van der Waals surface area contributed by atoms with Crippen LogP contribution in [0, 0.1) is 0 Å². The molecule has 0 saturated carbocycles. The molecule has 1 N–H and O–H groups in total. The molecule has 0 aliphatic rings. The van der Waals surface area contributed by atoms with Crippen LogP contribution in [0.1, 0.15) is 10.4 Å². The summed E-state index contributed by atoms with van der Waals surface area (Å²) in [6, 6.07) is 5.11. The number of hydrogen-bond acceptors (Lipinski definition) is 4. The van der Waals surface area contributed by atoms with Crippen molar-refractivity contribution in [2.45, 2.75) is 0 Å². The number of ether oxygens (including phenoxy) is 1. The summed E-state index contributed by atoms with van der Waals surface area (Å²) in [6.45, 7) is 0. The SMILES string of the molecule is COCS(=O)(=O)N(Cl)c1ccc(C(=O)O)cc1. The predicted octanol–water partition coefficient (Wildman–Crippen LogP) is 1.28. The number of nitrogens with zero attached hydrogens (tertiary/aromatic N) is 1. The zero-order valence-corrected chi connectivity index (χ0v) is 10.4. The molecule has 0 unspecified atom stereocenters. The van der Waals surface area contributed by atoms with Crippen molar-refractivity contribution in [2.24, 2.45) is 0 Å². The van der Waals surface area contributed by atoms with Crippen molar-refractivity contribution in [3.63, 3.8) is 0 Å². The molecule has 0 aliphatic heterocycles. The zero-order valence-electron chi connectivity index (χ0n) is 8.83. The van der Waals surface area contributed by atoms with E-state index in [1.54, 1.807) is 0 Å². The Bertz CT molecular complexity index is 499. The van der Waals surface area contributed by atoms with Gasteiger partial charge >= 0.3 is 5.97 Å². The van der Waals surface area contributed by atoms with E-state index in [4.69, 9.17) is 16.9 Å². The number of hydrogen-bond donors (Lipinski definition) is 1. The summed E-state index contributed by atoms with van der Waals surface area (Å²) in [7, 11) is -2.54.